The van der Waals surface area contributed by atoms with Crippen LogP contribution in [0.5, 0.6) is 0 Å². The van der Waals surface area contributed by atoms with Crippen molar-refractivity contribution in [1.82, 2.24) is 0 Å². The van der Waals surface area contributed by atoms with Crippen LogP contribution in [0.15, 0.2) is 0 Å². The van der Waals surface area contributed by atoms with E-state index in [0.29, 0.717) is 0 Å². The number of nitrogens with two attached hydrogens (primary N) is 2. The second-order valence-corrected chi connectivity index (χ2v) is 1.56. The van der Waals surface area contributed by atoms with Gasteiger partial charge < -0.3 is 12.9 Å². The van der Waals surface area contributed by atoms with E-state index in [1.807, 2.05) is 0 Å². The average molecular weight is 194 g/mol. The number of primary amides is 2. The van der Waals surface area contributed by atoms with Gasteiger partial charge >= 0.3 is 51.4 Å². The zero-order chi connectivity index (χ0) is 7.15. The summed E-state index contributed by atoms with van der Waals surface area (Å²) in [5.74, 6) is 0. The minimum atomic E-state index is -0.639. The van der Waals surface area contributed by atoms with Crippen molar-refractivity contribution in [3.8, 4) is 0 Å². The first-order valence-electron chi connectivity index (χ1n) is 1.43. The monoisotopic (exact) mass is 194 g/mol. The van der Waals surface area contributed by atoms with E-state index in [-0.39, 0.29) is 52.8 Å². The standard InChI is InChI=1S/2CH3NOS.K.H/c2*2-1(3)4;;/h2*(H3,2,3,4);;/q;;+1;-1. The second kappa shape index (κ2) is 12.0. The fourth-order valence-electron chi connectivity index (χ4n) is 0. The zero-order valence-electron chi connectivity index (χ0n) is 5.87. The molecule has 0 spiro atoms. The molecule has 0 aliphatic heterocycles. The summed E-state index contributed by atoms with van der Waals surface area (Å²) in [6, 6.07) is 0. The van der Waals surface area contributed by atoms with Crippen LogP contribution in [0.25, 0.3) is 0 Å². The summed E-state index contributed by atoms with van der Waals surface area (Å²) in [6.45, 7) is 0. The van der Waals surface area contributed by atoms with Crippen LogP contribution in [0, 0.1) is 0 Å². The number of thiol groups is 2. The van der Waals surface area contributed by atoms with E-state index in [1.165, 1.54) is 0 Å². The summed E-state index contributed by atoms with van der Waals surface area (Å²) in [5, 5.41) is -1.28. The van der Waals surface area contributed by atoms with E-state index in [9.17, 15) is 0 Å². The van der Waals surface area contributed by atoms with Crippen molar-refractivity contribution >= 4 is 35.7 Å². The molecule has 0 saturated heterocycles. The minimum Gasteiger partial charge on any atom is -1.00 e. The molecule has 0 unspecified atom stereocenters. The largest absolute Gasteiger partial charge is 1.00 e. The molecule has 0 aromatic heterocycles. The SMILES string of the molecule is NC(=O)S.NC(=O)S.[H-].[K+]. The fraction of sp³-hybridized carbons (Fsp3) is 0. The maximum absolute atomic E-state index is 9.09. The maximum Gasteiger partial charge on any atom is 1.00 e. The third-order valence-electron chi connectivity index (χ3n) is 0. The van der Waals surface area contributed by atoms with Gasteiger partial charge in [-0.3, -0.25) is 9.59 Å². The number of carbonyl (C=O) groups excluding carboxylic acids is 2. The van der Waals surface area contributed by atoms with Crippen LogP contribution in [0.3, 0.4) is 0 Å². The molecule has 0 atom stereocenters. The number of hydrogen-bond donors (Lipinski definition) is 4. The molecule has 0 fully saturated rings. The first-order valence-corrected chi connectivity index (χ1v) is 2.33. The summed E-state index contributed by atoms with van der Waals surface area (Å²) in [7, 11) is 0. The Morgan fingerprint density at radius 1 is 1.11 bits per heavy atom. The zero-order valence-corrected chi connectivity index (χ0v) is 9.78. The third-order valence-corrected chi connectivity index (χ3v) is 0. The Hall–Kier alpha value is 1.28. The molecule has 0 saturated carbocycles. The quantitative estimate of drug-likeness (QED) is 0.246. The van der Waals surface area contributed by atoms with Gasteiger partial charge in [0, 0.05) is 0 Å². The van der Waals surface area contributed by atoms with Gasteiger partial charge in [0.1, 0.15) is 0 Å². The van der Waals surface area contributed by atoms with E-state index >= 15 is 0 Å². The Bertz CT molecular complexity index is 83.3. The summed E-state index contributed by atoms with van der Waals surface area (Å²) < 4.78 is 0. The minimum absolute atomic E-state index is 0. The maximum atomic E-state index is 9.09. The number of rotatable bonds is 0. The van der Waals surface area contributed by atoms with Crippen LogP contribution in [-0.4, -0.2) is 10.5 Å². The van der Waals surface area contributed by atoms with Gasteiger partial charge in [0.15, 0.2) is 0 Å². The van der Waals surface area contributed by atoms with E-state index in [4.69, 9.17) is 9.59 Å². The normalized spacial score (nSPS) is 5.56. The van der Waals surface area contributed by atoms with Crippen LogP contribution in [0.2, 0.25) is 0 Å². The van der Waals surface area contributed by atoms with Crippen molar-refractivity contribution in [2.24, 2.45) is 11.5 Å². The fourth-order valence-corrected chi connectivity index (χ4v) is 0. The van der Waals surface area contributed by atoms with Gasteiger partial charge in [-0.2, -0.15) is 0 Å². The molecule has 0 aliphatic rings. The van der Waals surface area contributed by atoms with Gasteiger partial charge in [-0.25, -0.2) is 0 Å². The molecule has 9 heavy (non-hydrogen) atoms. The van der Waals surface area contributed by atoms with Crippen molar-refractivity contribution < 1.29 is 62.4 Å². The van der Waals surface area contributed by atoms with Crippen molar-refractivity contribution in [2.45, 2.75) is 0 Å². The molecule has 50 valence electrons. The summed E-state index contributed by atoms with van der Waals surface area (Å²) in [5.41, 5.74) is 8.67. The first-order chi connectivity index (χ1) is 3.46. The van der Waals surface area contributed by atoms with Crippen LogP contribution in [0.4, 0.5) is 9.59 Å². The molecule has 7 heteroatoms. The molecule has 0 aromatic carbocycles. The Morgan fingerprint density at radius 3 is 1.11 bits per heavy atom. The van der Waals surface area contributed by atoms with E-state index in [2.05, 4.69) is 36.7 Å². The van der Waals surface area contributed by atoms with Gasteiger partial charge in [-0.1, -0.05) is 25.3 Å². The van der Waals surface area contributed by atoms with Crippen molar-refractivity contribution in [1.29, 1.82) is 0 Å². The van der Waals surface area contributed by atoms with Crippen molar-refractivity contribution in [3.05, 3.63) is 0 Å². The Labute approximate surface area is 108 Å². The van der Waals surface area contributed by atoms with Crippen LogP contribution in [0.1, 0.15) is 1.43 Å². The van der Waals surface area contributed by atoms with Crippen molar-refractivity contribution in [2.75, 3.05) is 0 Å². The Morgan fingerprint density at radius 2 is 1.11 bits per heavy atom. The molecule has 0 radical (unpaired) electrons. The molecule has 0 aromatic rings. The molecular weight excluding hydrogens is 187 g/mol. The number of carbonyl (C=O) groups is 2. The second-order valence-electron chi connectivity index (χ2n) is 0.676. The molecule has 2 amide bonds. The number of amides is 2. The van der Waals surface area contributed by atoms with Gasteiger partial charge in [-0.05, 0) is 0 Å². The van der Waals surface area contributed by atoms with Crippen molar-refractivity contribution in [3.63, 3.8) is 0 Å². The molecule has 0 bridgehead atoms. The smallest absolute Gasteiger partial charge is 1.00 e. The summed E-state index contributed by atoms with van der Waals surface area (Å²) in [6.07, 6.45) is 0. The number of hydrogen-bond acceptors (Lipinski definition) is 2. The average Bonchev–Trinajstić information content (AvgIpc) is 1.25. The van der Waals surface area contributed by atoms with E-state index < -0.39 is 10.5 Å². The predicted octanol–water partition coefficient (Wildman–Crippen LogP) is -2.89. The topological polar surface area (TPSA) is 86.2 Å². The molecular formula is C2H7KN2O2S2. The van der Waals surface area contributed by atoms with Crippen LogP contribution < -0.4 is 62.9 Å². The first kappa shape index (κ1) is 16.7. The molecule has 4 N–H and O–H groups in total. The Balaban J connectivity index is -0.0000000300. The molecule has 4 nitrogen and oxygen atoms in total. The van der Waals surface area contributed by atoms with Crippen LogP contribution in [-0.2, 0) is 0 Å². The van der Waals surface area contributed by atoms with Crippen LogP contribution >= 0.6 is 25.3 Å². The van der Waals surface area contributed by atoms with Gasteiger partial charge in [-0.15, -0.1) is 0 Å². The third kappa shape index (κ3) is 301. The van der Waals surface area contributed by atoms with Gasteiger partial charge in [0.25, 0.3) is 10.5 Å². The molecule has 0 rings (SSSR count). The molecule has 0 heterocycles. The van der Waals surface area contributed by atoms with E-state index in [1.54, 1.807) is 0 Å². The van der Waals surface area contributed by atoms with Gasteiger partial charge in [0.2, 0.25) is 0 Å². The summed E-state index contributed by atoms with van der Waals surface area (Å²) in [4.78, 5) is 18.2. The van der Waals surface area contributed by atoms with Gasteiger partial charge in [0.05, 0.1) is 0 Å². The predicted molar refractivity (Wildman–Crippen MR) is 38.3 cm³/mol. The summed E-state index contributed by atoms with van der Waals surface area (Å²) >= 11 is 6.21. The Kier molecular flexibility index (Phi) is 22.3. The molecule has 0 aliphatic carbocycles. The van der Waals surface area contributed by atoms with E-state index in [0.717, 1.165) is 0 Å².